The normalized spacial score (nSPS) is 12.2. The first-order valence-electron chi connectivity index (χ1n) is 6.83. The quantitative estimate of drug-likeness (QED) is 0.696. The summed E-state index contributed by atoms with van der Waals surface area (Å²) in [6.45, 7) is 10.9. The highest BCUT2D eigenvalue weighted by Crippen LogP contribution is 2.06. The molecule has 7 nitrogen and oxygen atoms in total. The monoisotopic (exact) mass is 302 g/mol. The van der Waals surface area contributed by atoms with Gasteiger partial charge < -0.3 is 24.8 Å². The number of alkyl carbamates (subject to hydrolysis) is 1. The lowest BCUT2D eigenvalue weighted by Gasteiger charge is -2.24. The molecule has 0 heterocycles. The highest BCUT2D eigenvalue weighted by atomic mass is 16.6. The van der Waals surface area contributed by atoms with Crippen LogP contribution in [0.2, 0.25) is 0 Å². The van der Waals surface area contributed by atoms with Crippen LogP contribution in [0.4, 0.5) is 9.59 Å². The van der Waals surface area contributed by atoms with E-state index in [1.807, 2.05) is 0 Å². The number of aliphatic hydroxyl groups excluding tert-OH is 1. The van der Waals surface area contributed by atoms with E-state index < -0.39 is 23.9 Å². The number of carbonyl (C=O) groups excluding carboxylic acids is 2. The Morgan fingerprint density at radius 3 is 2.52 bits per heavy atom. The van der Waals surface area contributed by atoms with Gasteiger partial charge in [0.15, 0.2) is 0 Å². The van der Waals surface area contributed by atoms with Crippen molar-refractivity contribution in [1.82, 2.24) is 10.2 Å². The summed E-state index contributed by atoms with van der Waals surface area (Å²) >= 11 is 0. The maximum Gasteiger partial charge on any atom is 0.410 e. The van der Waals surface area contributed by atoms with E-state index in [9.17, 15) is 14.7 Å². The molecule has 2 N–H and O–H groups in total. The van der Waals surface area contributed by atoms with Crippen LogP contribution in [0.5, 0.6) is 0 Å². The van der Waals surface area contributed by atoms with Crippen LogP contribution in [-0.4, -0.2) is 60.1 Å². The summed E-state index contributed by atoms with van der Waals surface area (Å²) in [5.41, 5.74) is -0.577. The van der Waals surface area contributed by atoms with Crippen molar-refractivity contribution >= 4 is 12.2 Å². The first-order valence-corrected chi connectivity index (χ1v) is 6.83. The second kappa shape index (κ2) is 9.23. The van der Waals surface area contributed by atoms with E-state index in [0.29, 0.717) is 0 Å². The number of aliphatic hydroxyl groups is 1. The Morgan fingerprint density at radius 1 is 1.43 bits per heavy atom. The number of nitrogens with zero attached hydrogens (tertiary/aromatic N) is 1. The zero-order chi connectivity index (χ0) is 16.5. The van der Waals surface area contributed by atoms with Crippen LogP contribution in [-0.2, 0) is 9.47 Å². The van der Waals surface area contributed by atoms with Crippen LogP contribution in [0.15, 0.2) is 12.7 Å². The predicted octanol–water partition coefficient (Wildman–Crippen LogP) is 1.52. The van der Waals surface area contributed by atoms with Crippen LogP contribution in [0.25, 0.3) is 0 Å². The number of hydrogen-bond donors (Lipinski definition) is 2. The molecule has 0 aromatic heterocycles. The van der Waals surface area contributed by atoms with Crippen LogP contribution < -0.4 is 5.32 Å². The van der Waals surface area contributed by atoms with Crippen molar-refractivity contribution in [3.8, 4) is 0 Å². The third-order valence-electron chi connectivity index (χ3n) is 2.12. The minimum Gasteiger partial charge on any atom is -0.445 e. The Balaban J connectivity index is 4.26. The lowest BCUT2D eigenvalue weighted by Crippen LogP contribution is -2.43. The van der Waals surface area contributed by atoms with Gasteiger partial charge in [-0.05, 0) is 27.7 Å². The summed E-state index contributed by atoms with van der Waals surface area (Å²) in [6.07, 6.45) is -0.360. The van der Waals surface area contributed by atoms with Crippen LogP contribution >= 0.6 is 0 Å². The minimum atomic E-state index is -0.692. The van der Waals surface area contributed by atoms with Crippen molar-refractivity contribution in [3.63, 3.8) is 0 Å². The van der Waals surface area contributed by atoms with Crippen LogP contribution in [0, 0.1) is 0 Å². The van der Waals surface area contributed by atoms with Crippen LogP contribution in [0.3, 0.4) is 0 Å². The molecule has 2 amide bonds. The van der Waals surface area contributed by atoms with Gasteiger partial charge in [0.1, 0.15) is 12.2 Å². The van der Waals surface area contributed by atoms with Gasteiger partial charge in [0.05, 0.1) is 6.10 Å². The van der Waals surface area contributed by atoms with Gasteiger partial charge in [0, 0.05) is 19.6 Å². The first kappa shape index (κ1) is 19.2. The van der Waals surface area contributed by atoms with E-state index in [2.05, 4.69) is 11.9 Å². The zero-order valence-electron chi connectivity index (χ0n) is 13.2. The lowest BCUT2D eigenvalue weighted by molar-refractivity contribution is 0.0509. The largest absolute Gasteiger partial charge is 0.445 e. The highest BCUT2D eigenvalue weighted by molar-refractivity contribution is 5.69. The zero-order valence-corrected chi connectivity index (χ0v) is 13.2. The molecule has 0 aromatic carbocycles. The maximum atomic E-state index is 11.7. The van der Waals surface area contributed by atoms with Gasteiger partial charge in [-0.3, -0.25) is 0 Å². The smallest absolute Gasteiger partial charge is 0.410 e. The summed E-state index contributed by atoms with van der Waals surface area (Å²) in [4.78, 5) is 24.5. The van der Waals surface area contributed by atoms with Crippen molar-refractivity contribution < 1.29 is 24.2 Å². The van der Waals surface area contributed by atoms with Crippen molar-refractivity contribution in [2.24, 2.45) is 0 Å². The number of rotatable bonds is 7. The fraction of sp³-hybridized carbons (Fsp3) is 0.714. The number of carbonyl (C=O) groups is 2. The third-order valence-corrected chi connectivity index (χ3v) is 2.12. The molecule has 0 rings (SSSR count). The summed E-state index contributed by atoms with van der Waals surface area (Å²) in [5, 5.41) is 11.9. The van der Waals surface area contributed by atoms with Gasteiger partial charge in [-0.1, -0.05) is 12.7 Å². The van der Waals surface area contributed by atoms with Gasteiger partial charge in [-0.2, -0.15) is 0 Å². The third kappa shape index (κ3) is 10.7. The van der Waals surface area contributed by atoms with Gasteiger partial charge in [-0.15, -0.1) is 0 Å². The Labute approximate surface area is 125 Å². The van der Waals surface area contributed by atoms with Crippen molar-refractivity contribution in [2.75, 3.05) is 26.2 Å². The molecule has 21 heavy (non-hydrogen) atoms. The molecule has 0 saturated carbocycles. The number of amides is 2. The second-order valence-electron chi connectivity index (χ2n) is 5.59. The molecule has 0 aliphatic heterocycles. The molecule has 0 saturated heterocycles. The fourth-order valence-electron chi connectivity index (χ4n) is 1.40. The van der Waals surface area contributed by atoms with Gasteiger partial charge in [-0.25, -0.2) is 9.59 Å². The number of ether oxygens (including phenoxy) is 2. The highest BCUT2D eigenvalue weighted by Gasteiger charge is 2.18. The molecule has 0 radical (unpaired) electrons. The van der Waals surface area contributed by atoms with E-state index in [1.165, 1.54) is 11.0 Å². The van der Waals surface area contributed by atoms with E-state index in [0.717, 1.165) is 0 Å². The molecule has 0 bridgehead atoms. The summed E-state index contributed by atoms with van der Waals surface area (Å²) < 4.78 is 9.98. The van der Waals surface area contributed by atoms with E-state index in [-0.39, 0.29) is 26.2 Å². The molecule has 0 spiro atoms. The molecular formula is C14H26N2O5. The number of hydrogen-bond acceptors (Lipinski definition) is 5. The summed E-state index contributed by atoms with van der Waals surface area (Å²) in [6, 6.07) is 0. The fourth-order valence-corrected chi connectivity index (χ4v) is 1.40. The summed E-state index contributed by atoms with van der Waals surface area (Å²) in [5.74, 6) is 0. The molecule has 0 aromatic rings. The molecule has 1 atom stereocenters. The van der Waals surface area contributed by atoms with E-state index in [1.54, 1.807) is 27.7 Å². The van der Waals surface area contributed by atoms with Crippen LogP contribution in [0.1, 0.15) is 27.7 Å². The summed E-state index contributed by atoms with van der Waals surface area (Å²) in [7, 11) is 0. The SMILES string of the molecule is C=CCOC(=O)N(CCNC(=O)OC(C)(C)C)CC(C)O. The van der Waals surface area contributed by atoms with Gasteiger partial charge in [0.25, 0.3) is 0 Å². The lowest BCUT2D eigenvalue weighted by atomic mass is 10.2. The van der Waals surface area contributed by atoms with Crippen molar-refractivity contribution in [3.05, 3.63) is 12.7 Å². The van der Waals surface area contributed by atoms with Crippen molar-refractivity contribution in [2.45, 2.75) is 39.4 Å². The average Bonchev–Trinajstić information content (AvgIpc) is 2.32. The molecule has 122 valence electrons. The average molecular weight is 302 g/mol. The Hall–Kier alpha value is -1.76. The Bertz CT molecular complexity index is 350. The van der Waals surface area contributed by atoms with Gasteiger partial charge in [0.2, 0.25) is 0 Å². The Morgan fingerprint density at radius 2 is 2.05 bits per heavy atom. The van der Waals surface area contributed by atoms with Crippen molar-refractivity contribution in [1.29, 1.82) is 0 Å². The van der Waals surface area contributed by atoms with E-state index >= 15 is 0 Å². The van der Waals surface area contributed by atoms with Gasteiger partial charge >= 0.3 is 12.2 Å². The molecule has 7 heteroatoms. The standard InChI is InChI=1S/C14H26N2O5/c1-6-9-20-13(19)16(10-11(2)17)8-7-15-12(18)21-14(3,4)5/h6,11,17H,1,7-10H2,2-5H3,(H,15,18). The molecule has 0 fully saturated rings. The number of nitrogens with one attached hydrogen (secondary N) is 1. The van der Waals surface area contributed by atoms with E-state index in [4.69, 9.17) is 9.47 Å². The Kier molecular flexibility index (Phi) is 8.45. The molecule has 1 unspecified atom stereocenters. The topological polar surface area (TPSA) is 88.1 Å². The minimum absolute atomic E-state index is 0.0919. The maximum absolute atomic E-state index is 11.7. The predicted molar refractivity (Wildman–Crippen MR) is 79.0 cm³/mol. The molecule has 0 aliphatic carbocycles. The molecular weight excluding hydrogens is 276 g/mol. The second-order valence-corrected chi connectivity index (χ2v) is 5.59. The molecule has 0 aliphatic rings. The first-order chi connectivity index (χ1) is 9.65.